The molecular formula is C20H18ClN3O2. The molecule has 1 aliphatic rings. The molecule has 1 fully saturated rings. The van der Waals surface area contributed by atoms with Crippen LogP contribution in [0.25, 0.3) is 22.6 Å². The average molecular weight is 368 g/mol. The van der Waals surface area contributed by atoms with Gasteiger partial charge in [-0.3, -0.25) is 9.69 Å². The van der Waals surface area contributed by atoms with E-state index in [9.17, 15) is 9.90 Å². The van der Waals surface area contributed by atoms with Crippen molar-refractivity contribution in [2.45, 2.75) is 12.6 Å². The maximum absolute atomic E-state index is 12.1. The fraction of sp³-hybridized carbons (Fsp3) is 0.200. The summed E-state index contributed by atoms with van der Waals surface area (Å²) < 4.78 is 0. The second kappa shape index (κ2) is 7.03. The first kappa shape index (κ1) is 17.0. The SMILES string of the molecule is O=c1cc(-c2ccccc2Cl)nc(-c2cccc(CN3CC(O)C3)c2)[nH]1. The number of aliphatic hydroxyl groups excluding tert-OH is 1. The molecule has 3 aromatic rings. The van der Waals surface area contributed by atoms with E-state index < -0.39 is 0 Å². The molecule has 1 aromatic heterocycles. The number of nitrogens with one attached hydrogen (secondary N) is 1. The van der Waals surface area contributed by atoms with Gasteiger partial charge in [0.2, 0.25) is 0 Å². The molecule has 1 aliphatic heterocycles. The summed E-state index contributed by atoms with van der Waals surface area (Å²) in [6.45, 7) is 2.15. The fourth-order valence-electron chi connectivity index (χ4n) is 3.15. The molecule has 0 atom stereocenters. The number of rotatable bonds is 4. The maximum atomic E-state index is 12.1. The molecule has 0 spiro atoms. The summed E-state index contributed by atoms with van der Waals surface area (Å²) in [5, 5.41) is 9.98. The van der Waals surface area contributed by atoms with E-state index >= 15 is 0 Å². The van der Waals surface area contributed by atoms with Gasteiger partial charge in [0, 0.05) is 41.9 Å². The van der Waals surface area contributed by atoms with Crippen molar-refractivity contribution in [2.75, 3.05) is 13.1 Å². The summed E-state index contributed by atoms with van der Waals surface area (Å²) in [7, 11) is 0. The topological polar surface area (TPSA) is 69.2 Å². The van der Waals surface area contributed by atoms with Crippen LogP contribution in [0.2, 0.25) is 5.02 Å². The largest absolute Gasteiger partial charge is 0.390 e. The van der Waals surface area contributed by atoms with Gasteiger partial charge in [-0.2, -0.15) is 0 Å². The zero-order chi connectivity index (χ0) is 18.1. The van der Waals surface area contributed by atoms with Gasteiger partial charge in [-0.1, -0.05) is 48.0 Å². The molecule has 2 heterocycles. The number of halogens is 1. The molecular weight excluding hydrogens is 350 g/mol. The van der Waals surface area contributed by atoms with E-state index in [0.29, 0.717) is 29.6 Å². The van der Waals surface area contributed by atoms with Gasteiger partial charge in [0.15, 0.2) is 0 Å². The molecule has 0 radical (unpaired) electrons. The number of likely N-dealkylation sites (tertiary alicyclic amines) is 1. The molecule has 2 aromatic carbocycles. The molecule has 0 unspecified atom stereocenters. The third-order valence-electron chi connectivity index (χ3n) is 4.44. The van der Waals surface area contributed by atoms with Crippen molar-refractivity contribution < 1.29 is 5.11 Å². The molecule has 26 heavy (non-hydrogen) atoms. The van der Waals surface area contributed by atoms with E-state index in [2.05, 4.69) is 14.9 Å². The molecule has 5 nitrogen and oxygen atoms in total. The summed E-state index contributed by atoms with van der Waals surface area (Å²) in [6, 6.07) is 16.7. The van der Waals surface area contributed by atoms with Crippen LogP contribution in [0.1, 0.15) is 5.56 Å². The zero-order valence-corrected chi connectivity index (χ0v) is 14.8. The highest BCUT2D eigenvalue weighted by atomic mass is 35.5. The average Bonchev–Trinajstić information content (AvgIpc) is 2.60. The van der Waals surface area contributed by atoms with Gasteiger partial charge in [0.25, 0.3) is 5.56 Å². The lowest BCUT2D eigenvalue weighted by atomic mass is 10.1. The van der Waals surface area contributed by atoms with Crippen molar-refractivity contribution >= 4 is 11.6 Å². The number of nitrogens with zero attached hydrogens (tertiary/aromatic N) is 2. The first-order valence-corrected chi connectivity index (χ1v) is 8.82. The highest BCUT2D eigenvalue weighted by molar-refractivity contribution is 6.33. The van der Waals surface area contributed by atoms with Gasteiger partial charge < -0.3 is 10.1 Å². The number of aromatic amines is 1. The Morgan fingerprint density at radius 1 is 1.15 bits per heavy atom. The minimum atomic E-state index is -0.221. The molecule has 0 saturated carbocycles. The van der Waals surface area contributed by atoms with Crippen LogP contribution in [0.15, 0.2) is 59.4 Å². The Balaban J connectivity index is 1.68. The fourth-order valence-corrected chi connectivity index (χ4v) is 3.38. The second-order valence-corrected chi connectivity index (χ2v) is 6.91. The maximum Gasteiger partial charge on any atom is 0.251 e. The van der Waals surface area contributed by atoms with Gasteiger partial charge in [-0.15, -0.1) is 0 Å². The predicted molar refractivity (Wildman–Crippen MR) is 102 cm³/mol. The third-order valence-corrected chi connectivity index (χ3v) is 4.77. The number of aliphatic hydroxyl groups is 1. The lowest BCUT2D eigenvalue weighted by Gasteiger charge is -2.35. The lowest BCUT2D eigenvalue weighted by molar-refractivity contribution is -0.00285. The van der Waals surface area contributed by atoms with Crippen LogP contribution in [-0.2, 0) is 6.54 Å². The van der Waals surface area contributed by atoms with Crippen molar-refractivity contribution in [2.24, 2.45) is 0 Å². The zero-order valence-electron chi connectivity index (χ0n) is 14.0. The Bertz CT molecular complexity index is 996. The van der Waals surface area contributed by atoms with Crippen molar-refractivity contribution in [3.8, 4) is 22.6 Å². The Hall–Kier alpha value is -2.47. The summed E-state index contributed by atoms with van der Waals surface area (Å²) in [4.78, 5) is 21.7. The standard InChI is InChI=1S/C20H18ClN3O2/c21-17-7-2-1-6-16(17)18-9-19(26)23-20(22-18)14-5-3-4-13(8-14)10-24-11-15(25)12-24/h1-9,15,25H,10-12H2,(H,22,23,26). The van der Waals surface area contributed by atoms with E-state index in [1.807, 2.05) is 42.5 Å². The van der Waals surface area contributed by atoms with Crippen LogP contribution in [0, 0.1) is 0 Å². The van der Waals surface area contributed by atoms with Crippen LogP contribution in [0.3, 0.4) is 0 Å². The molecule has 6 heteroatoms. The summed E-state index contributed by atoms with van der Waals surface area (Å²) in [5.74, 6) is 0.512. The minimum absolute atomic E-state index is 0.219. The number of H-pyrrole nitrogens is 1. The molecule has 4 rings (SSSR count). The first-order valence-electron chi connectivity index (χ1n) is 8.44. The highest BCUT2D eigenvalue weighted by Gasteiger charge is 2.24. The Kier molecular flexibility index (Phi) is 4.59. The molecule has 132 valence electrons. The summed E-state index contributed by atoms with van der Waals surface area (Å²) in [6.07, 6.45) is -0.219. The Morgan fingerprint density at radius 2 is 1.96 bits per heavy atom. The van der Waals surface area contributed by atoms with Gasteiger partial charge in [0.05, 0.1) is 11.8 Å². The van der Waals surface area contributed by atoms with E-state index in [0.717, 1.165) is 23.2 Å². The van der Waals surface area contributed by atoms with Crippen LogP contribution >= 0.6 is 11.6 Å². The van der Waals surface area contributed by atoms with E-state index in [1.54, 1.807) is 6.07 Å². The molecule has 0 aliphatic carbocycles. The van der Waals surface area contributed by atoms with Gasteiger partial charge in [-0.05, 0) is 17.7 Å². The first-order chi connectivity index (χ1) is 12.6. The van der Waals surface area contributed by atoms with E-state index in [-0.39, 0.29) is 11.7 Å². The van der Waals surface area contributed by atoms with Crippen LogP contribution in [0.4, 0.5) is 0 Å². The summed E-state index contributed by atoms with van der Waals surface area (Å²) in [5.41, 5.74) is 3.01. The molecule has 0 bridgehead atoms. The van der Waals surface area contributed by atoms with Crippen molar-refractivity contribution in [3.05, 3.63) is 75.5 Å². The Morgan fingerprint density at radius 3 is 2.73 bits per heavy atom. The number of benzene rings is 2. The summed E-state index contributed by atoms with van der Waals surface area (Å²) >= 11 is 6.25. The van der Waals surface area contributed by atoms with E-state index in [1.165, 1.54) is 6.07 Å². The molecule has 2 N–H and O–H groups in total. The van der Waals surface area contributed by atoms with Crippen molar-refractivity contribution in [1.82, 2.24) is 14.9 Å². The Labute approximate surface area is 155 Å². The van der Waals surface area contributed by atoms with Crippen LogP contribution in [0.5, 0.6) is 0 Å². The predicted octanol–water partition coefficient (Wildman–Crippen LogP) is 2.93. The molecule has 1 saturated heterocycles. The normalized spacial score (nSPS) is 15.0. The monoisotopic (exact) mass is 367 g/mol. The minimum Gasteiger partial charge on any atom is -0.390 e. The quantitative estimate of drug-likeness (QED) is 0.744. The smallest absolute Gasteiger partial charge is 0.251 e. The van der Waals surface area contributed by atoms with Crippen molar-refractivity contribution in [1.29, 1.82) is 0 Å². The van der Waals surface area contributed by atoms with Crippen LogP contribution < -0.4 is 5.56 Å². The highest BCUT2D eigenvalue weighted by Crippen LogP contribution is 2.27. The van der Waals surface area contributed by atoms with Gasteiger partial charge in [0.1, 0.15) is 5.82 Å². The molecule has 0 amide bonds. The van der Waals surface area contributed by atoms with Gasteiger partial charge >= 0.3 is 0 Å². The number of β-amino-alcohol motifs (C(OH)–C–C–N with tert-alkyl or cyclic N) is 1. The van der Waals surface area contributed by atoms with E-state index in [4.69, 9.17) is 11.6 Å². The number of aromatic nitrogens is 2. The third kappa shape index (κ3) is 3.55. The second-order valence-electron chi connectivity index (χ2n) is 6.51. The van der Waals surface area contributed by atoms with Crippen LogP contribution in [-0.4, -0.2) is 39.2 Å². The number of hydrogen-bond acceptors (Lipinski definition) is 4. The lowest BCUT2D eigenvalue weighted by Crippen LogP contribution is -2.49. The van der Waals surface area contributed by atoms with Crippen molar-refractivity contribution in [3.63, 3.8) is 0 Å². The number of hydrogen-bond donors (Lipinski definition) is 2. The van der Waals surface area contributed by atoms with Gasteiger partial charge in [-0.25, -0.2) is 4.98 Å².